The zero-order valence-corrected chi connectivity index (χ0v) is 10.5. The van der Waals surface area contributed by atoms with Gasteiger partial charge in [-0.1, -0.05) is 18.2 Å². The highest BCUT2D eigenvalue weighted by molar-refractivity contribution is 7.90. The number of hydrogen-bond acceptors (Lipinski definition) is 4. The van der Waals surface area contributed by atoms with E-state index in [-0.39, 0.29) is 18.0 Å². The van der Waals surface area contributed by atoms with Crippen LogP contribution >= 0.6 is 0 Å². The first kappa shape index (κ1) is 12.6. The molecule has 0 saturated heterocycles. The van der Waals surface area contributed by atoms with Crippen LogP contribution in [-0.4, -0.2) is 41.3 Å². The van der Waals surface area contributed by atoms with Crippen LogP contribution in [0.1, 0.15) is 10.5 Å². The molecule has 2 aromatic rings. The van der Waals surface area contributed by atoms with Crippen LogP contribution in [0.25, 0.3) is 10.9 Å². The van der Waals surface area contributed by atoms with Crippen molar-refractivity contribution in [3.05, 3.63) is 30.0 Å². The lowest BCUT2D eigenvalue weighted by Gasteiger charge is -2.01. The number of hydrogen-bond donors (Lipinski definition) is 1. The maximum atomic E-state index is 11.1. The number of fused-ring (bicyclic) bond motifs is 1. The molecule has 7 heteroatoms. The lowest BCUT2D eigenvalue weighted by Crippen LogP contribution is -2.12. The van der Waals surface area contributed by atoms with Crippen LogP contribution in [0.4, 0.5) is 0 Å². The van der Waals surface area contributed by atoms with Crippen LogP contribution in [-0.2, 0) is 16.4 Å². The molecule has 1 N–H and O–H groups in total. The Labute approximate surface area is 104 Å². The Kier molecular flexibility index (Phi) is 3.08. The first-order valence-electron chi connectivity index (χ1n) is 5.25. The number of carboxylic acids is 1. The van der Waals surface area contributed by atoms with Gasteiger partial charge in [0.1, 0.15) is 9.84 Å². The number of para-hydroxylation sites is 1. The predicted molar refractivity (Wildman–Crippen MR) is 66.4 cm³/mol. The number of carbonyl (C=O) groups is 1. The first-order valence-corrected chi connectivity index (χ1v) is 7.31. The van der Waals surface area contributed by atoms with Gasteiger partial charge >= 0.3 is 5.97 Å². The highest BCUT2D eigenvalue weighted by atomic mass is 32.2. The van der Waals surface area contributed by atoms with Crippen molar-refractivity contribution in [2.45, 2.75) is 6.54 Å². The van der Waals surface area contributed by atoms with E-state index in [4.69, 9.17) is 5.11 Å². The molecule has 1 aromatic heterocycles. The van der Waals surface area contributed by atoms with Crippen molar-refractivity contribution < 1.29 is 18.3 Å². The van der Waals surface area contributed by atoms with E-state index in [1.54, 1.807) is 24.3 Å². The number of sulfone groups is 1. The fourth-order valence-corrected chi connectivity index (χ4v) is 2.21. The number of rotatable bonds is 4. The Morgan fingerprint density at radius 3 is 2.67 bits per heavy atom. The second-order valence-electron chi connectivity index (χ2n) is 4.02. The minimum Gasteiger partial charge on any atom is -0.476 e. The van der Waals surface area contributed by atoms with E-state index in [0.717, 1.165) is 6.26 Å². The molecule has 0 bridgehead atoms. The Morgan fingerprint density at radius 2 is 2.06 bits per heavy atom. The molecule has 1 heterocycles. The van der Waals surface area contributed by atoms with Crippen LogP contribution in [0, 0.1) is 0 Å². The van der Waals surface area contributed by atoms with Gasteiger partial charge in [0.05, 0.1) is 17.8 Å². The molecule has 0 unspecified atom stereocenters. The van der Waals surface area contributed by atoms with Gasteiger partial charge in [0.25, 0.3) is 0 Å². The van der Waals surface area contributed by atoms with E-state index < -0.39 is 15.8 Å². The molecule has 2 rings (SSSR count). The molecule has 0 aliphatic rings. The lowest BCUT2D eigenvalue weighted by molar-refractivity contribution is 0.0691. The number of aromatic carboxylic acids is 1. The average Bonchev–Trinajstić information content (AvgIpc) is 2.64. The molecule has 0 saturated carbocycles. The Balaban J connectivity index is 2.48. The Bertz CT molecular complexity index is 703. The van der Waals surface area contributed by atoms with Crippen molar-refractivity contribution in [3.63, 3.8) is 0 Å². The molecular formula is C11H12N2O4S. The van der Waals surface area contributed by atoms with Crippen molar-refractivity contribution in [2.75, 3.05) is 12.0 Å². The lowest BCUT2D eigenvalue weighted by atomic mass is 10.2. The largest absolute Gasteiger partial charge is 0.476 e. The summed E-state index contributed by atoms with van der Waals surface area (Å²) in [6.45, 7) is 0.145. The molecule has 0 amide bonds. The summed E-state index contributed by atoms with van der Waals surface area (Å²) in [4.78, 5) is 11.0. The normalized spacial score (nSPS) is 11.8. The third-order valence-corrected chi connectivity index (χ3v) is 3.46. The molecule has 18 heavy (non-hydrogen) atoms. The summed E-state index contributed by atoms with van der Waals surface area (Å²) < 4.78 is 23.7. The van der Waals surface area contributed by atoms with E-state index in [0.29, 0.717) is 10.9 Å². The van der Waals surface area contributed by atoms with Crippen molar-refractivity contribution in [1.29, 1.82) is 0 Å². The summed E-state index contributed by atoms with van der Waals surface area (Å²) in [6.07, 6.45) is 1.14. The summed E-state index contributed by atoms with van der Waals surface area (Å²) in [7, 11) is -3.11. The number of carboxylic acid groups (broad SMARTS) is 1. The predicted octanol–water partition coefficient (Wildman–Crippen LogP) is 0.779. The van der Waals surface area contributed by atoms with Crippen LogP contribution in [0.5, 0.6) is 0 Å². The monoisotopic (exact) mass is 268 g/mol. The molecule has 6 nitrogen and oxygen atoms in total. The van der Waals surface area contributed by atoms with Crippen molar-refractivity contribution >= 4 is 26.7 Å². The molecular weight excluding hydrogens is 256 g/mol. The number of benzene rings is 1. The molecule has 0 aliphatic carbocycles. The zero-order chi connectivity index (χ0) is 13.3. The van der Waals surface area contributed by atoms with Gasteiger partial charge in [0, 0.05) is 11.6 Å². The van der Waals surface area contributed by atoms with Crippen LogP contribution in [0.2, 0.25) is 0 Å². The summed E-state index contributed by atoms with van der Waals surface area (Å²) >= 11 is 0. The summed E-state index contributed by atoms with van der Waals surface area (Å²) in [5.74, 6) is -1.19. The van der Waals surface area contributed by atoms with Gasteiger partial charge in [-0.2, -0.15) is 5.10 Å². The van der Waals surface area contributed by atoms with Crippen molar-refractivity contribution in [3.8, 4) is 0 Å². The van der Waals surface area contributed by atoms with Gasteiger partial charge in [-0.15, -0.1) is 0 Å². The highest BCUT2D eigenvalue weighted by Crippen LogP contribution is 2.18. The van der Waals surface area contributed by atoms with E-state index in [1.165, 1.54) is 4.68 Å². The van der Waals surface area contributed by atoms with E-state index in [9.17, 15) is 13.2 Å². The number of aromatic nitrogens is 2. The Hall–Kier alpha value is -1.89. The van der Waals surface area contributed by atoms with Crippen LogP contribution in [0.15, 0.2) is 24.3 Å². The molecule has 0 radical (unpaired) electrons. The average molecular weight is 268 g/mol. The van der Waals surface area contributed by atoms with E-state index >= 15 is 0 Å². The van der Waals surface area contributed by atoms with Gasteiger partial charge < -0.3 is 5.11 Å². The standard InChI is InChI=1S/C11H12N2O4S/c1-18(16,17)7-6-13-9-5-3-2-4-8(9)10(12-13)11(14)15/h2-5H,6-7H2,1H3,(H,14,15). The first-order chi connectivity index (χ1) is 8.38. The topological polar surface area (TPSA) is 89.3 Å². The summed E-state index contributed by atoms with van der Waals surface area (Å²) in [5.41, 5.74) is 0.567. The molecule has 0 aliphatic heterocycles. The van der Waals surface area contributed by atoms with Gasteiger partial charge in [-0.05, 0) is 6.07 Å². The van der Waals surface area contributed by atoms with Crippen molar-refractivity contribution in [2.24, 2.45) is 0 Å². The summed E-state index contributed by atoms with van der Waals surface area (Å²) in [6, 6.07) is 6.85. The van der Waals surface area contributed by atoms with Crippen LogP contribution in [0.3, 0.4) is 0 Å². The second kappa shape index (κ2) is 4.41. The fraction of sp³-hybridized carbons (Fsp3) is 0.273. The Morgan fingerprint density at radius 1 is 1.39 bits per heavy atom. The smallest absolute Gasteiger partial charge is 0.357 e. The van der Waals surface area contributed by atoms with Crippen molar-refractivity contribution in [1.82, 2.24) is 9.78 Å². The molecule has 96 valence electrons. The third kappa shape index (κ3) is 2.51. The minimum atomic E-state index is -3.11. The molecule has 0 atom stereocenters. The minimum absolute atomic E-state index is 0.0564. The molecule has 0 fully saturated rings. The van der Waals surface area contributed by atoms with Gasteiger partial charge in [0.15, 0.2) is 5.69 Å². The van der Waals surface area contributed by atoms with Gasteiger partial charge in [-0.25, -0.2) is 13.2 Å². The third-order valence-electron chi connectivity index (χ3n) is 2.53. The molecule has 1 aromatic carbocycles. The SMILES string of the molecule is CS(=O)(=O)CCn1nc(C(=O)O)c2ccccc21. The quantitative estimate of drug-likeness (QED) is 0.885. The van der Waals surface area contributed by atoms with E-state index in [1.807, 2.05) is 0 Å². The fourth-order valence-electron chi connectivity index (χ4n) is 1.71. The zero-order valence-electron chi connectivity index (χ0n) is 9.70. The second-order valence-corrected chi connectivity index (χ2v) is 6.28. The molecule has 0 spiro atoms. The highest BCUT2D eigenvalue weighted by Gasteiger charge is 2.16. The maximum Gasteiger partial charge on any atom is 0.357 e. The summed E-state index contributed by atoms with van der Waals surface area (Å²) in [5, 5.41) is 13.5. The van der Waals surface area contributed by atoms with E-state index in [2.05, 4.69) is 5.10 Å². The van der Waals surface area contributed by atoms with Gasteiger partial charge in [-0.3, -0.25) is 4.68 Å². The number of aryl methyl sites for hydroxylation is 1. The van der Waals surface area contributed by atoms with Gasteiger partial charge in [0.2, 0.25) is 0 Å². The maximum absolute atomic E-state index is 11.1. The number of nitrogens with zero attached hydrogens (tertiary/aromatic N) is 2. The van der Waals surface area contributed by atoms with Crippen LogP contribution < -0.4 is 0 Å².